The van der Waals surface area contributed by atoms with Gasteiger partial charge in [-0.25, -0.2) is 4.98 Å². The summed E-state index contributed by atoms with van der Waals surface area (Å²) < 4.78 is 5.35. The largest absolute Gasteiger partial charge is 0.478 e. The van der Waals surface area contributed by atoms with E-state index in [2.05, 4.69) is 4.98 Å². The number of Topliss-reactive ketones (excluding diaryl/α,β-unsaturated/α-hetero) is 1. The van der Waals surface area contributed by atoms with Gasteiger partial charge in [0.15, 0.2) is 5.78 Å². The predicted octanol–water partition coefficient (Wildman–Crippen LogP) is 2.38. The van der Waals surface area contributed by atoms with E-state index in [0.29, 0.717) is 18.1 Å². The minimum absolute atomic E-state index is 0.0389. The standard InChI is InChI=1S/C11H15NO2/c1-4-7-14-11-6-5-10(9(3)13)8(2)12-11/h5-6H,4,7H2,1-3H3. The number of pyridine rings is 1. The van der Waals surface area contributed by atoms with Gasteiger partial charge in [0.25, 0.3) is 0 Å². The second kappa shape index (κ2) is 4.74. The van der Waals surface area contributed by atoms with Crippen molar-refractivity contribution in [3.8, 4) is 5.88 Å². The van der Waals surface area contributed by atoms with Crippen LogP contribution in [0.3, 0.4) is 0 Å². The molecule has 0 aliphatic carbocycles. The zero-order valence-electron chi connectivity index (χ0n) is 8.83. The minimum Gasteiger partial charge on any atom is -0.478 e. The fourth-order valence-electron chi connectivity index (χ4n) is 1.20. The summed E-state index contributed by atoms with van der Waals surface area (Å²) in [5.41, 5.74) is 1.39. The number of carbonyl (C=O) groups excluding carboxylic acids is 1. The van der Waals surface area contributed by atoms with Gasteiger partial charge in [-0.1, -0.05) is 6.92 Å². The number of rotatable bonds is 4. The van der Waals surface area contributed by atoms with E-state index in [4.69, 9.17) is 4.74 Å². The Labute approximate surface area is 84.1 Å². The van der Waals surface area contributed by atoms with Crippen LogP contribution in [-0.4, -0.2) is 17.4 Å². The molecule has 0 fully saturated rings. The highest BCUT2D eigenvalue weighted by molar-refractivity contribution is 5.95. The number of hydrogen-bond donors (Lipinski definition) is 0. The van der Waals surface area contributed by atoms with Crippen LogP contribution in [0.15, 0.2) is 12.1 Å². The highest BCUT2D eigenvalue weighted by atomic mass is 16.5. The van der Waals surface area contributed by atoms with Crippen molar-refractivity contribution in [2.75, 3.05) is 6.61 Å². The van der Waals surface area contributed by atoms with E-state index in [9.17, 15) is 4.79 Å². The fraction of sp³-hybridized carbons (Fsp3) is 0.455. The van der Waals surface area contributed by atoms with E-state index in [1.165, 1.54) is 6.92 Å². The van der Waals surface area contributed by atoms with Crippen LogP contribution in [0.5, 0.6) is 5.88 Å². The summed E-state index contributed by atoms with van der Waals surface area (Å²) in [4.78, 5) is 15.3. The number of hydrogen-bond acceptors (Lipinski definition) is 3. The van der Waals surface area contributed by atoms with Crippen LogP contribution < -0.4 is 4.74 Å². The molecule has 0 amide bonds. The first-order valence-electron chi connectivity index (χ1n) is 4.76. The number of ketones is 1. The molecule has 3 heteroatoms. The molecule has 0 N–H and O–H groups in total. The van der Waals surface area contributed by atoms with E-state index in [-0.39, 0.29) is 5.78 Å². The monoisotopic (exact) mass is 193 g/mol. The number of ether oxygens (including phenoxy) is 1. The molecule has 0 aromatic carbocycles. The summed E-state index contributed by atoms with van der Waals surface area (Å²) in [6.07, 6.45) is 0.954. The molecule has 0 bridgehead atoms. The summed E-state index contributed by atoms with van der Waals surface area (Å²) >= 11 is 0. The van der Waals surface area contributed by atoms with Crippen molar-refractivity contribution in [2.24, 2.45) is 0 Å². The van der Waals surface area contributed by atoms with Crippen LogP contribution in [0.2, 0.25) is 0 Å². The van der Waals surface area contributed by atoms with E-state index >= 15 is 0 Å². The summed E-state index contributed by atoms with van der Waals surface area (Å²) in [6, 6.07) is 3.50. The second-order valence-corrected chi connectivity index (χ2v) is 3.19. The molecule has 0 spiro atoms. The Kier molecular flexibility index (Phi) is 3.63. The predicted molar refractivity (Wildman–Crippen MR) is 54.8 cm³/mol. The van der Waals surface area contributed by atoms with E-state index in [0.717, 1.165) is 12.1 Å². The van der Waals surface area contributed by atoms with Crippen LogP contribution in [0.25, 0.3) is 0 Å². The second-order valence-electron chi connectivity index (χ2n) is 3.19. The van der Waals surface area contributed by atoms with Crippen LogP contribution in [0.1, 0.15) is 36.3 Å². The Morgan fingerprint density at radius 2 is 2.21 bits per heavy atom. The first-order valence-corrected chi connectivity index (χ1v) is 4.76. The number of aryl methyl sites for hydroxylation is 1. The van der Waals surface area contributed by atoms with Crippen LogP contribution in [0, 0.1) is 6.92 Å². The molecule has 1 rings (SSSR count). The van der Waals surface area contributed by atoms with Crippen LogP contribution >= 0.6 is 0 Å². The average molecular weight is 193 g/mol. The maximum absolute atomic E-state index is 11.1. The molecule has 1 aromatic rings. The molecular weight excluding hydrogens is 178 g/mol. The Morgan fingerprint density at radius 1 is 1.50 bits per heavy atom. The third-order valence-corrected chi connectivity index (χ3v) is 1.89. The zero-order valence-corrected chi connectivity index (χ0v) is 8.83. The van der Waals surface area contributed by atoms with Gasteiger partial charge in [-0.05, 0) is 26.3 Å². The topological polar surface area (TPSA) is 39.2 Å². The number of nitrogens with zero attached hydrogens (tertiary/aromatic N) is 1. The Bertz CT molecular complexity index is 334. The van der Waals surface area contributed by atoms with Crippen molar-refractivity contribution in [1.82, 2.24) is 4.98 Å². The summed E-state index contributed by atoms with van der Waals surface area (Å²) in [7, 11) is 0. The third-order valence-electron chi connectivity index (χ3n) is 1.89. The lowest BCUT2D eigenvalue weighted by atomic mass is 10.1. The average Bonchev–Trinajstić information content (AvgIpc) is 2.14. The van der Waals surface area contributed by atoms with Crippen molar-refractivity contribution in [3.05, 3.63) is 23.4 Å². The van der Waals surface area contributed by atoms with Crippen molar-refractivity contribution < 1.29 is 9.53 Å². The summed E-state index contributed by atoms with van der Waals surface area (Å²) in [5.74, 6) is 0.631. The van der Waals surface area contributed by atoms with Crippen molar-refractivity contribution in [2.45, 2.75) is 27.2 Å². The molecule has 0 aliphatic rings. The maximum atomic E-state index is 11.1. The molecule has 1 heterocycles. The van der Waals surface area contributed by atoms with E-state index in [1.54, 1.807) is 12.1 Å². The zero-order chi connectivity index (χ0) is 10.6. The minimum atomic E-state index is 0.0389. The van der Waals surface area contributed by atoms with Crippen LogP contribution in [0.4, 0.5) is 0 Å². The van der Waals surface area contributed by atoms with E-state index < -0.39 is 0 Å². The smallest absolute Gasteiger partial charge is 0.213 e. The molecule has 0 saturated carbocycles. The molecule has 0 aliphatic heterocycles. The molecule has 0 unspecified atom stereocenters. The quantitative estimate of drug-likeness (QED) is 0.689. The first-order chi connectivity index (χ1) is 6.65. The molecule has 0 radical (unpaired) electrons. The number of aromatic nitrogens is 1. The maximum Gasteiger partial charge on any atom is 0.213 e. The fourth-order valence-corrected chi connectivity index (χ4v) is 1.20. The van der Waals surface area contributed by atoms with Gasteiger partial charge in [-0.15, -0.1) is 0 Å². The van der Waals surface area contributed by atoms with Gasteiger partial charge in [0.05, 0.1) is 12.3 Å². The normalized spacial score (nSPS) is 9.93. The molecule has 1 aromatic heterocycles. The van der Waals surface area contributed by atoms with E-state index in [1.807, 2.05) is 13.8 Å². The highest BCUT2D eigenvalue weighted by Gasteiger charge is 2.05. The molecule has 0 saturated heterocycles. The molecule has 76 valence electrons. The van der Waals surface area contributed by atoms with Gasteiger partial charge >= 0.3 is 0 Å². The Balaban J connectivity index is 2.83. The van der Waals surface area contributed by atoms with Gasteiger partial charge in [0.2, 0.25) is 5.88 Å². The lowest BCUT2D eigenvalue weighted by Crippen LogP contribution is -2.02. The molecule has 14 heavy (non-hydrogen) atoms. The molecular formula is C11H15NO2. The molecule has 0 atom stereocenters. The van der Waals surface area contributed by atoms with Crippen molar-refractivity contribution in [3.63, 3.8) is 0 Å². The Hall–Kier alpha value is -1.38. The van der Waals surface area contributed by atoms with Gasteiger partial charge in [0, 0.05) is 11.6 Å². The third kappa shape index (κ3) is 2.55. The highest BCUT2D eigenvalue weighted by Crippen LogP contribution is 2.12. The van der Waals surface area contributed by atoms with Gasteiger partial charge in [0.1, 0.15) is 0 Å². The SMILES string of the molecule is CCCOc1ccc(C(C)=O)c(C)n1. The summed E-state index contributed by atoms with van der Waals surface area (Å²) in [6.45, 7) is 6.05. The Morgan fingerprint density at radius 3 is 2.71 bits per heavy atom. The molecule has 3 nitrogen and oxygen atoms in total. The lowest BCUT2D eigenvalue weighted by Gasteiger charge is -2.06. The van der Waals surface area contributed by atoms with Crippen molar-refractivity contribution in [1.29, 1.82) is 0 Å². The lowest BCUT2D eigenvalue weighted by molar-refractivity contribution is 0.101. The number of carbonyl (C=O) groups is 1. The van der Waals surface area contributed by atoms with Gasteiger partial charge < -0.3 is 4.74 Å². The van der Waals surface area contributed by atoms with Crippen molar-refractivity contribution >= 4 is 5.78 Å². The van der Waals surface area contributed by atoms with Crippen LogP contribution in [-0.2, 0) is 0 Å². The van der Waals surface area contributed by atoms with Gasteiger partial charge in [-0.3, -0.25) is 4.79 Å². The van der Waals surface area contributed by atoms with Gasteiger partial charge in [-0.2, -0.15) is 0 Å². The summed E-state index contributed by atoms with van der Waals surface area (Å²) in [5, 5.41) is 0. The first kappa shape index (κ1) is 10.7.